The summed E-state index contributed by atoms with van der Waals surface area (Å²) < 4.78 is 27.1. The lowest BCUT2D eigenvalue weighted by Gasteiger charge is -2.30. The zero-order chi connectivity index (χ0) is 18.7. The third-order valence-electron chi connectivity index (χ3n) is 4.13. The molecule has 2 aromatic rings. The van der Waals surface area contributed by atoms with Crippen LogP contribution in [-0.4, -0.2) is 40.7 Å². The van der Waals surface area contributed by atoms with Crippen LogP contribution < -0.4 is 0 Å². The third kappa shape index (κ3) is 4.02. The minimum Gasteiger partial charge on any atom is -0.258 e. The van der Waals surface area contributed by atoms with Crippen LogP contribution in [0.5, 0.6) is 0 Å². The maximum absolute atomic E-state index is 12.8. The van der Waals surface area contributed by atoms with Gasteiger partial charge in [0.2, 0.25) is 10.0 Å². The van der Waals surface area contributed by atoms with Gasteiger partial charge in [0, 0.05) is 31.5 Å². The second-order valence-electron chi connectivity index (χ2n) is 6.13. The number of nitro benzene ring substituents is 1. The van der Waals surface area contributed by atoms with E-state index in [2.05, 4.69) is 9.97 Å². The molecule has 0 radical (unpaired) electrons. The number of piperidine rings is 1. The van der Waals surface area contributed by atoms with Gasteiger partial charge in [-0.05, 0) is 48.7 Å². The maximum atomic E-state index is 12.8. The second-order valence-corrected chi connectivity index (χ2v) is 9.08. The van der Waals surface area contributed by atoms with Gasteiger partial charge in [-0.15, -0.1) is 0 Å². The molecule has 1 aromatic carbocycles. The van der Waals surface area contributed by atoms with Gasteiger partial charge in [0.25, 0.3) is 5.69 Å². The molecule has 1 aromatic heterocycles. The summed E-state index contributed by atoms with van der Waals surface area (Å²) in [5.41, 5.74) is -0.270. The minimum atomic E-state index is -3.75. The molecule has 0 saturated carbocycles. The Morgan fingerprint density at radius 1 is 1.31 bits per heavy atom. The summed E-state index contributed by atoms with van der Waals surface area (Å²) in [6, 6.07) is 5.62. The van der Waals surface area contributed by atoms with Crippen molar-refractivity contribution in [2.45, 2.75) is 34.7 Å². The Kier molecular flexibility index (Phi) is 5.54. The van der Waals surface area contributed by atoms with E-state index in [-0.39, 0.29) is 16.5 Å². The van der Waals surface area contributed by atoms with E-state index in [4.69, 9.17) is 0 Å². The molecule has 1 saturated heterocycles. The topological polar surface area (TPSA) is 106 Å². The average molecular weight is 394 g/mol. The molecule has 10 heteroatoms. The van der Waals surface area contributed by atoms with E-state index in [9.17, 15) is 18.5 Å². The number of nitro groups is 1. The van der Waals surface area contributed by atoms with E-state index in [0.29, 0.717) is 23.1 Å². The summed E-state index contributed by atoms with van der Waals surface area (Å²) in [6.07, 6.45) is 4.86. The Morgan fingerprint density at radius 3 is 2.69 bits per heavy atom. The van der Waals surface area contributed by atoms with Crippen LogP contribution in [0.1, 0.15) is 19.8 Å². The van der Waals surface area contributed by atoms with Crippen LogP contribution in [0.15, 0.2) is 51.6 Å². The quantitative estimate of drug-likeness (QED) is 0.436. The molecule has 1 aliphatic rings. The summed E-state index contributed by atoms with van der Waals surface area (Å²) in [7, 11) is -3.75. The third-order valence-corrected chi connectivity index (χ3v) is 6.95. The number of hydrogen-bond acceptors (Lipinski definition) is 7. The summed E-state index contributed by atoms with van der Waals surface area (Å²) in [4.78, 5) is 19.2. The van der Waals surface area contributed by atoms with Gasteiger partial charge < -0.3 is 0 Å². The van der Waals surface area contributed by atoms with Gasteiger partial charge in [0.15, 0.2) is 5.16 Å². The first-order valence-electron chi connectivity index (χ1n) is 8.11. The van der Waals surface area contributed by atoms with Gasteiger partial charge in [0.05, 0.1) is 14.7 Å². The van der Waals surface area contributed by atoms with Crippen molar-refractivity contribution in [2.75, 3.05) is 13.1 Å². The van der Waals surface area contributed by atoms with Crippen LogP contribution >= 0.6 is 11.8 Å². The van der Waals surface area contributed by atoms with E-state index < -0.39 is 14.9 Å². The normalized spacial score (nSPS) is 18.6. The fourth-order valence-corrected chi connectivity index (χ4v) is 5.25. The molecule has 26 heavy (non-hydrogen) atoms. The lowest BCUT2D eigenvalue weighted by Crippen LogP contribution is -2.39. The molecule has 1 aliphatic heterocycles. The monoisotopic (exact) mass is 394 g/mol. The van der Waals surface area contributed by atoms with Crippen molar-refractivity contribution in [3.63, 3.8) is 0 Å². The zero-order valence-electron chi connectivity index (χ0n) is 14.1. The molecule has 0 unspecified atom stereocenters. The molecule has 0 N–H and O–H groups in total. The Bertz CT molecular complexity index is 906. The highest BCUT2D eigenvalue weighted by Crippen LogP contribution is 2.35. The molecule has 138 valence electrons. The van der Waals surface area contributed by atoms with Crippen molar-refractivity contribution in [3.05, 3.63) is 46.8 Å². The van der Waals surface area contributed by atoms with Crippen molar-refractivity contribution >= 4 is 27.5 Å². The van der Waals surface area contributed by atoms with Crippen LogP contribution in [0, 0.1) is 16.0 Å². The minimum absolute atomic E-state index is 0.0587. The van der Waals surface area contributed by atoms with Gasteiger partial charge >= 0.3 is 0 Å². The van der Waals surface area contributed by atoms with Crippen LogP contribution in [0.2, 0.25) is 0 Å². The van der Waals surface area contributed by atoms with Crippen molar-refractivity contribution in [3.8, 4) is 0 Å². The maximum Gasteiger partial charge on any atom is 0.284 e. The lowest BCUT2D eigenvalue weighted by molar-refractivity contribution is -0.388. The zero-order valence-corrected chi connectivity index (χ0v) is 15.7. The summed E-state index contributed by atoms with van der Waals surface area (Å²) in [6.45, 7) is 2.88. The van der Waals surface area contributed by atoms with Crippen molar-refractivity contribution in [2.24, 2.45) is 5.92 Å². The molecule has 2 heterocycles. The Morgan fingerprint density at radius 2 is 2.04 bits per heavy atom. The predicted octanol–water partition coefficient (Wildman–Crippen LogP) is 2.96. The molecule has 0 aliphatic carbocycles. The fourth-order valence-electron chi connectivity index (χ4n) is 2.84. The first-order valence-corrected chi connectivity index (χ1v) is 10.4. The van der Waals surface area contributed by atoms with Gasteiger partial charge in [-0.25, -0.2) is 18.4 Å². The van der Waals surface area contributed by atoms with Crippen LogP contribution in [0.3, 0.4) is 0 Å². The van der Waals surface area contributed by atoms with Crippen molar-refractivity contribution in [1.82, 2.24) is 14.3 Å². The molecular formula is C16H18N4O4S2. The van der Waals surface area contributed by atoms with Crippen molar-refractivity contribution < 1.29 is 13.3 Å². The van der Waals surface area contributed by atoms with Crippen LogP contribution in [0.25, 0.3) is 0 Å². The highest BCUT2D eigenvalue weighted by Gasteiger charge is 2.30. The summed E-state index contributed by atoms with van der Waals surface area (Å²) in [5.74, 6) is 0.276. The molecule has 8 nitrogen and oxygen atoms in total. The number of hydrogen-bond donors (Lipinski definition) is 0. The van der Waals surface area contributed by atoms with E-state index in [0.717, 1.165) is 30.7 Å². The number of nitrogens with zero attached hydrogens (tertiary/aromatic N) is 4. The van der Waals surface area contributed by atoms with Gasteiger partial charge in [-0.1, -0.05) is 6.92 Å². The summed E-state index contributed by atoms with van der Waals surface area (Å²) in [5, 5.41) is 11.8. The Hall–Kier alpha value is -2.04. The number of sulfonamides is 1. The molecule has 3 rings (SSSR count). The molecular weight excluding hydrogens is 376 g/mol. The molecule has 0 amide bonds. The standard InChI is InChI=1S/C16H18N4O4S2/c1-12-4-2-9-19(11-12)26(23,24)13-5-6-15(14(10-13)20(21)22)25-16-17-7-3-8-18-16/h3,5-8,10,12H,2,4,9,11H2,1H3/t12-/m0/s1. The predicted molar refractivity (Wildman–Crippen MR) is 96.4 cm³/mol. The van der Waals surface area contributed by atoms with Crippen molar-refractivity contribution in [1.29, 1.82) is 0 Å². The number of rotatable bonds is 5. The van der Waals surface area contributed by atoms with E-state index >= 15 is 0 Å². The van der Waals surface area contributed by atoms with Gasteiger partial charge in [-0.3, -0.25) is 10.1 Å². The molecule has 1 atom stereocenters. The van der Waals surface area contributed by atoms with Gasteiger partial charge in [-0.2, -0.15) is 4.31 Å². The Balaban J connectivity index is 1.94. The van der Waals surface area contributed by atoms with Gasteiger partial charge in [0.1, 0.15) is 0 Å². The average Bonchev–Trinajstić information content (AvgIpc) is 2.62. The van der Waals surface area contributed by atoms with E-state index in [1.807, 2.05) is 6.92 Å². The first kappa shape index (κ1) is 18.7. The molecule has 0 spiro atoms. The van der Waals surface area contributed by atoms with Crippen LogP contribution in [-0.2, 0) is 10.0 Å². The molecule has 1 fully saturated rings. The SMILES string of the molecule is C[C@H]1CCCN(S(=O)(=O)c2ccc(Sc3ncccn3)c([N+](=O)[O-])c2)C1. The summed E-state index contributed by atoms with van der Waals surface area (Å²) >= 11 is 1.03. The smallest absolute Gasteiger partial charge is 0.258 e. The Labute approximate surface area is 155 Å². The van der Waals surface area contributed by atoms with E-state index in [1.165, 1.54) is 28.8 Å². The fraction of sp³-hybridized carbons (Fsp3) is 0.375. The van der Waals surface area contributed by atoms with E-state index in [1.54, 1.807) is 6.07 Å². The second kappa shape index (κ2) is 7.68. The largest absolute Gasteiger partial charge is 0.284 e. The lowest BCUT2D eigenvalue weighted by atomic mass is 10.0. The highest BCUT2D eigenvalue weighted by molar-refractivity contribution is 7.99. The highest BCUT2D eigenvalue weighted by atomic mass is 32.2. The molecule has 0 bridgehead atoms. The van der Waals surface area contributed by atoms with Crippen LogP contribution in [0.4, 0.5) is 5.69 Å². The number of benzene rings is 1. The number of aromatic nitrogens is 2. The first-order chi connectivity index (χ1) is 12.4.